The van der Waals surface area contributed by atoms with E-state index in [1.165, 1.54) is 11.3 Å². The molecule has 1 aliphatic heterocycles. The van der Waals surface area contributed by atoms with E-state index in [2.05, 4.69) is 36.2 Å². The molecule has 0 aliphatic carbocycles. The van der Waals surface area contributed by atoms with Gasteiger partial charge in [-0.2, -0.15) is 0 Å². The third kappa shape index (κ3) is 4.19. The minimum atomic E-state index is 0.267. The first-order valence-corrected chi connectivity index (χ1v) is 8.80. The smallest absolute Gasteiger partial charge is 0.0607 e. The maximum Gasteiger partial charge on any atom is 0.0607 e. The van der Waals surface area contributed by atoms with Gasteiger partial charge in [0.05, 0.1) is 23.5 Å². The fraction of sp³-hybridized carbons (Fsp3) is 0.500. The lowest BCUT2D eigenvalue weighted by Crippen LogP contribution is -2.44. The van der Waals surface area contributed by atoms with Crippen molar-refractivity contribution in [2.45, 2.75) is 51.1 Å². The molecule has 0 aromatic carbocycles. The Labute approximate surface area is 146 Å². The molecule has 4 nitrogen and oxygen atoms in total. The number of aliphatic imine (C=N–C) groups is 1. The Morgan fingerprint density at radius 2 is 2.29 bits per heavy atom. The summed E-state index contributed by atoms with van der Waals surface area (Å²) in [5, 5.41) is 0. The Morgan fingerprint density at radius 1 is 1.50 bits per heavy atom. The van der Waals surface area contributed by atoms with Gasteiger partial charge < -0.3 is 5.73 Å². The number of hydrogen-bond donors (Lipinski definition) is 1. The van der Waals surface area contributed by atoms with Crippen molar-refractivity contribution in [3.63, 3.8) is 0 Å². The van der Waals surface area contributed by atoms with Crippen LogP contribution in [0.3, 0.4) is 0 Å². The zero-order chi connectivity index (χ0) is 17.5. The molecule has 130 valence electrons. The first-order chi connectivity index (χ1) is 11.6. The largest absolute Gasteiger partial charge is 0.330 e. The summed E-state index contributed by atoms with van der Waals surface area (Å²) in [5.74, 6) is 0. The maximum absolute atomic E-state index is 5.69. The summed E-state index contributed by atoms with van der Waals surface area (Å²) in [6.45, 7) is 10.6. The Kier molecular flexibility index (Phi) is 6.88. The maximum atomic E-state index is 5.69. The lowest BCUT2D eigenvalue weighted by Gasteiger charge is -2.40. The monoisotopic (exact) mass is 326 g/mol. The van der Waals surface area contributed by atoms with E-state index in [1.54, 1.807) is 6.20 Å². The molecule has 2 unspecified atom stereocenters. The minimum absolute atomic E-state index is 0.267. The van der Waals surface area contributed by atoms with Crippen molar-refractivity contribution in [1.29, 1.82) is 0 Å². The van der Waals surface area contributed by atoms with E-state index >= 15 is 0 Å². The van der Waals surface area contributed by atoms with E-state index in [1.807, 2.05) is 19.2 Å². The van der Waals surface area contributed by atoms with Crippen LogP contribution < -0.4 is 5.73 Å². The molecule has 1 aromatic heterocycles. The highest BCUT2D eigenvalue weighted by molar-refractivity contribution is 6.03. The van der Waals surface area contributed by atoms with E-state index in [-0.39, 0.29) is 6.04 Å². The number of nitrogens with zero attached hydrogens (tertiary/aromatic N) is 3. The van der Waals surface area contributed by atoms with Gasteiger partial charge >= 0.3 is 0 Å². The molecule has 1 saturated heterocycles. The molecular formula is C20H30N4. The summed E-state index contributed by atoms with van der Waals surface area (Å²) >= 11 is 0. The highest BCUT2D eigenvalue weighted by Gasteiger charge is 2.33. The van der Waals surface area contributed by atoms with E-state index in [0.29, 0.717) is 12.6 Å². The van der Waals surface area contributed by atoms with Gasteiger partial charge in [-0.3, -0.25) is 14.9 Å². The second kappa shape index (κ2) is 8.90. The summed E-state index contributed by atoms with van der Waals surface area (Å²) in [5.41, 5.74) is 10.3. The Bertz CT molecular complexity index is 605. The highest BCUT2D eigenvalue weighted by atomic mass is 15.2. The molecule has 2 N–H and O–H groups in total. The van der Waals surface area contributed by atoms with Crippen molar-refractivity contribution in [2.75, 3.05) is 13.6 Å². The predicted molar refractivity (Wildman–Crippen MR) is 102 cm³/mol. The van der Waals surface area contributed by atoms with Gasteiger partial charge in [-0.1, -0.05) is 19.2 Å². The van der Waals surface area contributed by atoms with Crippen LogP contribution in [0.2, 0.25) is 0 Å². The first-order valence-electron chi connectivity index (χ1n) is 8.80. The van der Waals surface area contributed by atoms with E-state index < -0.39 is 0 Å². The Hall–Kier alpha value is -1.78. The molecule has 0 spiro atoms. The number of aryl methyl sites for hydroxylation is 1. The van der Waals surface area contributed by atoms with Crippen LogP contribution in [0.5, 0.6) is 0 Å². The van der Waals surface area contributed by atoms with Gasteiger partial charge in [0.15, 0.2) is 0 Å². The molecule has 0 radical (unpaired) electrons. The Balaban J connectivity index is 2.30. The molecule has 0 bridgehead atoms. The molecule has 2 atom stereocenters. The van der Waals surface area contributed by atoms with Gasteiger partial charge in [-0.05, 0) is 69.8 Å². The Morgan fingerprint density at radius 3 is 2.96 bits per heavy atom. The van der Waals surface area contributed by atoms with Crippen LogP contribution in [0.4, 0.5) is 0 Å². The van der Waals surface area contributed by atoms with E-state index in [0.717, 1.165) is 43.4 Å². The van der Waals surface area contributed by atoms with Crippen LogP contribution in [-0.4, -0.2) is 35.2 Å². The number of hydrogen-bond acceptors (Lipinski definition) is 4. The van der Waals surface area contributed by atoms with Crippen LogP contribution in [0.15, 0.2) is 48.3 Å². The van der Waals surface area contributed by atoms with Crippen molar-refractivity contribution in [3.05, 3.63) is 54.5 Å². The van der Waals surface area contributed by atoms with Crippen molar-refractivity contribution in [2.24, 2.45) is 10.7 Å². The van der Waals surface area contributed by atoms with Gasteiger partial charge in [0.1, 0.15) is 0 Å². The molecular weight excluding hydrogens is 296 g/mol. The third-order valence-electron chi connectivity index (χ3n) is 4.81. The predicted octanol–water partition coefficient (Wildman–Crippen LogP) is 3.66. The van der Waals surface area contributed by atoms with Crippen molar-refractivity contribution in [3.8, 4) is 0 Å². The second-order valence-corrected chi connectivity index (χ2v) is 6.55. The number of aromatic nitrogens is 1. The average Bonchev–Trinajstić information content (AvgIpc) is 2.58. The topological polar surface area (TPSA) is 54.5 Å². The SMILES string of the molecule is C=CN=C(C(=C)C)C1CCCC(c2ncccc2CCCN)N1C. The summed E-state index contributed by atoms with van der Waals surface area (Å²) in [6, 6.07) is 4.79. The number of piperidine rings is 1. The molecule has 1 fully saturated rings. The van der Waals surface area contributed by atoms with Crippen LogP contribution in [-0.2, 0) is 6.42 Å². The minimum Gasteiger partial charge on any atom is -0.330 e. The molecule has 1 aromatic rings. The molecule has 0 amide bonds. The lowest BCUT2D eigenvalue weighted by molar-refractivity contribution is 0.150. The van der Waals surface area contributed by atoms with Crippen LogP contribution in [0.25, 0.3) is 0 Å². The fourth-order valence-electron chi connectivity index (χ4n) is 3.62. The molecule has 4 heteroatoms. The highest BCUT2D eigenvalue weighted by Crippen LogP contribution is 2.35. The van der Waals surface area contributed by atoms with Crippen molar-refractivity contribution >= 4 is 5.71 Å². The molecule has 24 heavy (non-hydrogen) atoms. The molecule has 2 heterocycles. The lowest BCUT2D eigenvalue weighted by atomic mass is 9.88. The average molecular weight is 326 g/mol. The van der Waals surface area contributed by atoms with Crippen molar-refractivity contribution in [1.82, 2.24) is 9.88 Å². The summed E-state index contributed by atoms with van der Waals surface area (Å²) in [7, 11) is 2.18. The molecule has 1 aliphatic rings. The summed E-state index contributed by atoms with van der Waals surface area (Å²) < 4.78 is 0. The standard InChI is InChI=1S/C20H30N4/c1-5-22-19(15(2)3)17-11-6-12-18(24(17)4)20-16(9-7-13-21)10-8-14-23-20/h5,8,10,14,17-18H,1-2,6-7,9,11-13,21H2,3-4H3. The van der Waals surface area contributed by atoms with E-state index in [4.69, 9.17) is 10.7 Å². The van der Waals surface area contributed by atoms with Crippen LogP contribution in [0.1, 0.15) is 49.9 Å². The van der Waals surface area contributed by atoms with Gasteiger partial charge in [-0.15, -0.1) is 0 Å². The summed E-state index contributed by atoms with van der Waals surface area (Å²) in [4.78, 5) is 11.6. The molecule has 2 rings (SSSR count). The van der Waals surface area contributed by atoms with Crippen LogP contribution in [0, 0.1) is 0 Å². The number of likely N-dealkylation sites (tertiary alicyclic amines) is 1. The number of nitrogens with two attached hydrogens (primary N) is 1. The summed E-state index contributed by atoms with van der Waals surface area (Å²) in [6.07, 6.45) is 8.88. The molecule has 0 saturated carbocycles. The second-order valence-electron chi connectivity index (χ2n) is 6.55. The zero-order valence-corrected chi connectivity index (χ0v) is 15.0. The zero-order valence-electron chi connectivity index (χ0n) is 15.0. The normalized spacial score (nSPS) is 22.4. The number of rotatable bonds is 7. The van der Waals surface area contributed by atoms with Gasteiger partial charge in [0.25, 0.3) is 0 Å². The van der Waals surface area contributed by atoms with Gasteiger partial charge in [-0.25, -0.2) is 0 Å². The number of pyridine rings is 1. The fourth-order valence-corrected chi connectivity index (χ4v) is 3.62. The van der Waals surface area contributed by atoms with Gasteiger partial charge in [0.2, 0.25) is 0 Å². The first kappa shape index (κ1) is 18.6. The van der Waals surface area contributed by atoms with Gasteiger partial charge in [0, 0.05) is 12.4 Å². The quantitative estimate of drug-likeness (QED) is 0.778. The third-order valence-corrected chi connectivity index (χ3v) is 4.81. The van der Waals surface area contributed by atoms with Crippen LogP contribution >= 0.6 is 0 Å². The van der Waals surface area contributed by atoms with Crippen molar-refractivity contribution < 1.29 is 0 Å². The van der Waals surface area contributed by atoms with E-state index in [9.17, 15) is 0 Å².